The molecule has 1 aromatic heterocycles. The van der Waals surface area contributed by atoms with E-state index in [1.54, 1.807) is 6.07 Å². The van der Waals surface area contributed by atoms with Crippen molar-refractivity contribution in [2.75, 3.05) is 19.6 Å². The van der Waals surface area contributed by atoms with E-state index in [1.807, 2.05) is 16.8 Å². The highest BCUT2D eigenvalue weighted by Gasteiger charge is 2.22. The normalized spacial score (nSPS) is 17.2. The van der Waals surface area contributed by atoms with Gasteiger partial charge in [0.15, 0.2) is 0 Å². The van der Waals surface area contributed by atoms with Crippen LogP contribution in [-0.2, 0) is 0 Å². The van der Waals surface area contributed by atoms with Crippen LogP contribution in [0.3, 0.4) is 0 Å². The number of piperidine rings is 1. The highest BCUT2D eigenvalue weighted by Crippen LogP contribution is 2.24. The standard InChI is InChI=1S/C17H28N2O2/c1-2-3-4-5-6-11-18-13-9-15(10-14-18)19-12-7-8-16(19)17(20)21/h7-8,12,15H,2-6,9-11,13-14H2,1H3,(H,20,21). The zero-order valence-corrected chi connectivity index (χ0v) is 13.1. The van der Waals surface area contributed by atoms with Crippen LogP contribution in [0.25, 0.3) is 0 Å². The summed E-state index contributed by atoms with van der Waals surface area (Å²) in [6.07, 6.45) is 10.7. The van der Waals surface area contributed by atoms with Crippen LogP contribution in [0.4, 0.5) is 0 Å². The molecule has 1 saturated heterocycles. The number of unbranched alkanes of at least 4 members (excludes halogenated alkanes) is 4. The molecular formula is C17H28N2O2. The van der Waals surface area contributed by atoms with Crippen molar-refractivity contribution in [2.24, 2.45) is 0 Å². The lowest BCUT2D eigenvalue weighted by Gasteiger charge is -2.33. The van der Waals surface area contributed by atoms with Gasteiger partial charge in [0.2, 0.25) is 0 Å². The minimum atomic E-state index is -0.821. The van der Waals surface area contributed by atoms with Crippen LogP contribution in [0.15, 0.2) is 18.3 Å². The Morgan fingerprint density at radius 1 is 1.24 bits per heavy atom. The summed E-state index contributed by atoms with van der Waals surface area (Å²) in [5.74, 6) is -0.821. The number of carboxylic acids is 1. The Bertz CT molecular complexity index is 434. The van der Waals surface area contributed by atoms with Gasteiger partial charge in [0.05, 0.1) is 0 Å². The fraction of sp³-hybridized carbons (Fsp3) is 0.706. The van der Waals surface area contributed by atoms with E-state index in [1.165, 1.54) is 38.6 Å². The molecule has 0 radical (unpaired) electrons. The summed E-state index contributed by atoms with van der Waals surface area (Å²) in [5, 5.41) is 9.19. The van der Waals surface area contributed by atoms with E-state index >= 15 is 0 Å². The van der Waals surface area contributed by atoms with Crippen molar-refractivity contribution in [3.8, 4) is 0 Å². The summed E-state index contributed by atoms with van der Waals surface area (Å²) in [6.45, 7) is 5.64. The molecule has 1 fully saturated rings. The van der Waals surface area contributed by atoms with Crippen molar-refractivity contribution in [3.05, 3.63) is 24.0 Å². The van der Waals surface area contributed by atoms with E-state index < -0.39 is 5.97 Å². The molecule has 0 bridgehead atoms. The van der Waals surface area contributed by atoms with E-state index in [0.29, 0.717) is 11.7 Å². The molecule has 21 heavy (non-hydrogen) atoms. The second kappa shape index (κ2) is 8.23. The van der Waals surface area contributed by atoms with E-state index in [0.717, 1.165) is 25.9 Å². The molecule has 0 amide bonds. The molecule has 1 aliphatic heterocycles. The van der Waals surface area contributed by atoms with Gasteiger partial charge < -0.3 is 14.6 Å². The fourth-order valence-corrected chi connectivity index (χ4v) is 3.25. The lowest BCUT2D eigenvalue weighted by atomic mass is 10.0. The first kappa shape index (κ1) is 16.1. The Morgan fingerprint density at radius 2 is 1.95 bits per heavy atom. The summed E-state index contributed by atoms with van der Waals surface area (Å²) in [7, 11) is 0. The molecular weight excluding hydrogens is 264 g/mol. The number of aromatic nitrogens is 1. The zero-order valence-electron chi connectivity index (χ0n) is 13.1. The van der Waals surface area contributed by atoms with Crippen LogP contribution in [0.1, 0.15) is 68.4 Å². The average Bonchev–Trinajstić information content (AvgIpc) is 2.97. The van der Waals surface area contributed by atoms with Crippen molar-refractivity contribution < 1.29 is 9.90 Å². The average molecular weight is 292 g/mol. The van der Waals surface area contributed by atoms with Crippen LogP contribution >= 0.6 is 0 Å². The van der Waals surface area contributed by atoms with Crippen molar-refractivity contribution in [1.82, 2.24) is 9.47 Å². The molecule has 0 aromatic carbocycles. The lowest BCUT2D eigenvalue weighted by Crippen LogP contribution is -2.35. The lowest BCUT2D eigenvalue weighted by molar-refractivity contribution is 0.0678. The molecule has 118 valence electrons. The summed E-state index contributed by atoms with van der Waals surface area (Å²) >= 11 is 0. The maximum atomic E-state index is 11.2. The van der Waals surface area contributed by atoms with Crippen molar-refractivity contribution >= 4 is 5.97 Å². The van der Waals surface area contributed by atoms with Crippen molar-refractivity contribution in [2.45, 2.75) is 57.9 Å². The Labute approximate surface area is 127 Å². The molecule has 0 spiro atoms. The Balaban J connectivity index is 1.73. The zero-order chi connectivity index (χ0) is 15.1. The van der Waals surface area contributed by atoms with Crippen molar-refractivity contribution in [3.63, 3.8) is 0 Å². The van der Waals surface area contributed by atoms with Crippen LogP contribution in [0.2, 0.25) is 0 Å². The quantitative estimate of drug-likeness (QED) is 0.741. The van der Waals surface area contributed by atoms with Gasteiger partial charge in [-0.3, -0.25) is 0 Å². The third-order valence-corrected chi connectivity index (χ3v) is 4.53. The predicted octanol–water partition coefficient (Wildman–Crippen LogP) is 3.79. The number of aromatic carboxylic acids is 1. The Kier molecular flexibility index (Phi) is 6.30. The Morgan fingerprint density at radius 3 is 2.62 bits per heavy atom. The summed E-state index contributed by atoms with van der Waals surface area (Å²) < 4.78 is 1.95. The second-order valence-electron chi connectivity index (χ2n) is 6.09. The molecule has 0 atom stereocenters. The van der Waals surface area contributed by atoms with E-state index in [-0.39, 0.29) is 0 Å². The van der Waals surface area contributed by atoms with Crippen molar-refractivity contribution in [1.29, 1.82) is 0 Å². The van der Waals surface area contributed by atoms with Gasteiger partial charge in [-0.2, -0.15) is 0 Å². The minimum Gasteiger partial charge on any atom is -0.477 e. The van der Waals surface area contributed by atoms with E-state index in [9.17, 15) is 9.90 Å². The van der Waals surface area contributed by atoms with Gasteiger partial charge in [-0.1, -0.05) is 32.6 Å². The van der Waals surface area contributed by atoms with Gasteiger partial charge in [0.25, 0.3) is 0 Å². The molecule has 0 unspecified atom stereocenters. The van der Waals surface area contributed by atoms with Gasteiger partial charge >= 0.3 is 5.97 Å². The molecule has 1 aromatic rings. The maximum Gasteiger partial charge on any atom is 0.352 e. The number of carboxylic acid groups (broad SMARTS) is 1. The summed E-state index contributed by atoms with van der Waals surface area (Å²) in [6, 6.07) is 3.88. The second-order valence-corrected chi connectivity index (χ2v) is 6.09. The SMILES string of the molecule is CCCCCCCN1CCC(n2cccc2C(=O)O)CC1. The third-order valence-electron chi connectivity index (χ3n) is 4.53. The third kappa shape index (κ3) is 4.60. The first-order valence-corrected chi connectivity index (χ1v) is 8.35. The van der Waals surface area contributed by atoms with Gasteiger partial charge in [-0.25, -0.2) is 4.79 Å². The predicted molar refractivity (Wildman–Crippen MR) is 84.9 cm³/mol. The molecule has 4 nitrogen and oxygen atoms in total. The molecule has 0 saturated carbocycles. The van der Waals surface area contributed by atoms with E-state index in [4.69, 9.17) is 0 Å². The van der Waals surface area contributed by atoms with Crippen LogP contribution in [0.5, 0.6) is 0 Å². The number of hydrogen-bond donors (Lipinski definition) is 1. The molecule has 0 aliphatic carbocycles. The van der Waals surface area contributed by atoms with Gasteiger partial charge in [-0.15, -0.1) is 0 Å². The van der Waals surface area contributed by atoms with E-state index in [2.05, 4.69) is 11.8 Å². The Hall–Kier alpha value is -1.29. The number of rotatable bonds is 8. The highest BCUT2D eigenvalue weighted by molar-refractivity contribution is 5.85. The van der Waals surface area contributed by atoms with Crippen LogP contribution < -0.4 is 0 Å². The number of likely N-dealkylation sites (tertiary alicyclic amines) is 1. The molecule has 2 rings (SSSR count). The van der Waals surface area contributed by atoms with Gasteiger partial charge in [-0.05, 0) is 37.9 Å². The molecule has 2 heterocycles. The van der Waals surface area contributed by atoms with Crippen LogP contribution in [-0.4, -0.2) is 40.2 Å². The first-order valence-electron chi connectivity index (χ1n) is 8.35. The monoisotopic (exact) mass is 292 g/mol. The number of hydrogen-bond acceptors (Lipinski definition) is 2. The smallest absolute Gasteiger partial charge is 0.352 e. The highest BCUT2D eigenvalue weighted by atomic mass is 16.4. The minimum absolute atomic E-state index is 0.349. The fourth-order valence-electron chi connectivity index (χ4n) is 3.25. The number of carbonyl (C=O) groups is 1. The largest absolute Gasteiger partial charge is 0.477 e. The summed E-state index contributed by atoms with van der Waals surface area (Å²) in [4.78, 5) is 13.7. The summed E-state index contributed by atoms with van der Waals surface area (Å²) in [5.41, 5.74) is 0.424. The molecule has 4 heteroatoms. The van der Waals surface area contributed by atoms with Gasteiger partial charge in [0, 0.05) is 25.3 Å². The topological polar surface area (TPSA) is 45.5 Å². The van der Waals surface area contributed by atoms with Crippen LogP contribution in [0, 0.1) is 0 Å². The molecule has 1 N–H and O–H groups in total. The molecule has 1 aliphatic rings. The number of nitrogens with zero attached hydrogens (tertiary/aromatic N) is 2. The first-order chi connectivity index (χ1) is 10.2. The van der Waals surface area contributed by atoms with Gasteiger partial charge in [0.1, 0.15) is 5.69 Å². The maximum absolute atomic E-state index is 11.2.